The molecular formula is C15H19N4O2+. The van der Waals surface area contributed by atoms with Gasteiger partial charge in [-0.25, -0.2) is 0 Å². The number of rotatable bonds is 6. The molecule has 2 rings (SSSR count). The van der Waals surface area contributed by atoms with Crippen molar-refractivity contribution in [3.8, 4) is 5.75 Å². The number of methoxy groups -OCH3 is 1. The summed E-state index contributed by atoms with van der Waals surface area (Å²) in [7, 11) is 1.60. The molecule has 6 nitrogen and oxygen atoms in total. The van der Waals surface area contributed by atoms with Crippen molar-refractivity contribution in [3.63, 3.8) is 0 Å². The number of nitrogens with zero attached hydrogens (tertiary/aromatic N) is 1. The van der Waals surface area contributed by atoms with E-state index in [2.05, 4.69) is 9.97 Å². The molecule has 0 aliphatic carbocycles. The van der Waals surface area contributed by atoms with Crippen LogP contribution in [0.4, 0.5) is 11.5 Å². The molecule has 0 atom stereocenters. The SMILES string of the molecule is CCCC(=N)c1c([NH2+]c2cccc(OC)c2)nc[nH]c1=O. The van der Waals surface area contributed by atoms with Crippen molar-refractivity contribution >= 4 is 17.2 Å². The second-order valence-electron chi connectivity index (χ2n) is 4.64. The zero-order chi connectivity index (χ0) is 15.2. The van der Waals surface area contributed by atoms with E-state index in [-0.39, 0.29) is 5.56 Å². The van der Waals surface area contributed by atoms with E-state index < -0.39 is 0 Å². The van der Waals surface area contributed by atoms with Crippen LogP contribution in [0.1, 0.15) is 25.3 Å². The van der Waals surface area contributed by atoms with Gasteiger partial charge in [0, 0.05) is 6.07 Å². The number of benzene rings is 1. The number of hydrogen-bond acceptors (Lipinski definition) is 4. The fourth-order valence-electron chi connectivity index (χ4n) is 2.08. The topological polar surface area (TPSA) is 95.4 Å². The number of aromatic nitrogens is 2. The summed E-state index contributed by atoms with van der Waals surface area (Å²) in [5.74, 6) is 1.24. The van der Waals surface area contributed by atoms with E-state index in [1.54, 1.807) is 12.4 Å². The fourth-order valence-corrected chi connectivity index (χ4v) is 2.08. The van der Waals surface area contributed by atoms with Gasteiger partial charge in [0.15, 0.2) is 0 Å². The van der Waals surface area contributed by atoms with Crippen molar-refractivity contribution in [2.45, 2.75) is 19.8 Å². The van der Waals surface area contributed by atoms with Crippen molar-refractivity contribution in [1.29, 1.82) is 5.41 Å². The van der Waals surface area contributed by atoms with Crippen molar-refractivity contribution in [2.75, 3.05) is 7.11 Å². The van der Waals surface area contributed by atoms with Crippen LogP contribution in [-0.4, -0.2) is 22.8 Å². The van der Waals surface area contributed by atoms with E-state index in [0.29, 0.717) is 23.5 Å². The maximum absolute atomic E-state index is 12.0. The Balaban J connectivity index is 2.37. The Morgan fingerprint density at radius 2 is 2.29 bits per heavy atom. The first-order valence-electron chi connectivity index (χ1n) is 6.80. The summed E-state index contributed by atoms with van der Waals surface area (Å²) in [5, 5.41) is 9.84. The smallest absolute Gasteiger partial charge is 0.266 e. The minimum atomic E-state index is -0.280. The molecule has 0 amide bonds. The normalized spacial score (nSPS) is 10.4. The first kappa shape index (κ1) is 14.9. The molecule has 1 aromatic carbocycles. The summed E-state index contributed by atoms with van der Waals surface area (Å²) >= 11 is 0. The van der Waals surface area contributed by atoms with Crippen LogP contribution in [0.5, 0.6) is 5.75 Å². The summed E-state index contributed by atoms with van der Waals surface area (Å²) in [6.07, 6.45) is 2.72. The van der Waals surface area contributed by atoms with E-state index >= 15 is 0 Å². The monoisotopic (exact) mass is 287 g/mol. The number of nitrogens with two attached hydrogens (primary N) is 1. The first-order valence-corrected chi connectivity index (χ1v) is 6.80. The van der Waals surface area contributed by atoms with Crippen LogP contribution in [0, 0.1) is 5.41 Å². The average Bonchev–Trinajstić information content (AvgIpc) is 2.47. The highest BCUT2D eigenvalue weighted by Gasteiger charge is 2.17. The van der Waals surface area contributed by atoms with Gasteiger partial charge in [-0.1, -0.05) is 19.4 Å². The maximum atomic E-state index is 12.0. The van der Waals surface area contributed by atoms with Gasteiger partial charge in [0.1, 0.15) is 23.3 Å². The Morgan fingerprint density at radius 1 is 1.48 bits per heavy atom. The highest BCUT2D eigenvalue weighted by molar-refractivity contribution is 6.00. The molecule has 0 radical (unpaired) electrons. The van der Waals surface area contributed by atoms with Crippen LogP contribution in [0.15, 0.2) is 35.4 Å². The molecule has 110 valence electrons. The van der Waals surface area contributed by atoms with Gasteiger partial charge in [-0.3, -0.25) is 10.1 Å². The van der Waals surface area contributed by atoms with Crippen molar-refractivity contribution in [2.24, 2.45) is 0 Å². The maximum Gasteiger partial charge on any atom is 0.266 e. The molecule has 1 heterocycles. The number of H-pyrrole nitrogens is 1. The Morgan fingerprint density at radius 3 is 3.00 bits per heavy atom. The molecule has 6 heteroatoms. The molecule has 0 bridgehead atoms. The number of aromatic amines is 1. The van der Waals surface area contributed by atoms with Crippen LogP contribution in [0.3, 0.4) is 0 Å². The third-order valence-corrected chi connectivity index (χ3v) is 3.08. The Labute approximate surface area is 122 Å². The molecule has 0 fully saturated rings. The number of hydrogen-bond donors (Lipinski definition) is 3. The van der Waals surface area contributed by atoms with Crippen molar-refractivity contribution in [1.82, 2.24) is 9.97 Å². The highest BCUT2D eigenvalue weighted by atomic mass is 16.5. The van der Waals surface area contributed by atoms with E-state index in [9.17, 15) is 4.79 Å². The molecule has 0 spiro atoms. The molecule has 2 aromatic rings. The van der Waals surface area contributed by atoms with Crippen LogP contribution in [0.25, 0.3) is 0 Å². The fraction of sp³-hybridized carbons (Fsp3) is 0.267. The molecule has 4 N–H and O–H groups in total. The van der Waals surface area contributed by atoms with E-state index in [1.807, 2.05) is 31.2 Å². The zero-order valence-electron chi connectivity index (χ0n) is 12.1. The summed E-state index contributed by atoms with van der Waals surface area (Å²) in [6, 6.07) is 7.48. The average molecular weight is 287 g/mol. The number of quaternary nitrogens is 1. The van der Waals surface area contributed by atoms with Crippen LogP contribution >= 0.6 is 0 Å². The Bertz CT molecular complexity index is 694. The third kappa shape index (κ3) is 3.55. The predicted octanol–water partition coefficient (Wildman–Crippen LogP) is 1.47. The van der Waals surface area contributed by atoms with E-state index in [0.717, 1.165) is 17.9 Å². The van der Waals surface area contributed by atoms with Crippen molar-refractivity contribution in [3.05, 3.63) is 46.5 Å². The lowest BCUT2D eigenvalue weighted by Gasteiger charge is -2.06. The van der Waals surface area contributed by atoms with Gasteiger partial charge in [0.25, 0.3) is 5.56 Å². The Hall–Kier alpha value is -2.47. The van der Waals surface area contributed by atoms with Crippen LogP contribution in [-0.2, 0) is 0 Å². The largest absolute Gasteiger partial charge is 0.497 e. The van der Waals surface area contributed by atoms with Gasteiger partial charge >= 0.3 is 0 Å². The lowest BCUT2D eigenvalue weighted by Crippen LogP contribution is -2.72. The molecular weight excluding hydrogens is 268 g/mol. The molecule has 0 aliphatic rings. The van der Waals surface area contributed by atoms with Gasteiger partial charge in [0.2, 0.25) is 5.82 Å². The van der Waals surface area contributed by atoms with Gasteiger partial charge in [-0.2, -0.15) is 4.98 Å². The van der Waals surface area contributed by atoms with Gasteiger partial charge in [-0.15, -0.1) is 0 Å². The number of ether oxygens (including phenoxy) is 1. The molecule has 1 aromatic heterocycles. The first-order chi connectivity index (χ1) is 10.2. The van der Waals surface area contributed by atoms with Crippen LogP contribution in [0.2, 0.25) is 0 Å². The molecule has 0 saturated heterocycles. The van der Waals surface area contributed by atoms with E-state index in [1.165, 1.54) is 6.33 Å². The van der Waals surface area contributed by atoms with Crippen LogP contribution < -0.4 is 15.6 Å². The van der Waals surface area contributed by atoms with Crippen molar-refractivity contribution < 1.29 is 10.1 Å². The summed E-state index contributed by atoms with van der Waals surface area (Å²) in [4.78, 5) is 18.7. The van der Waals surface area contributed by atoms with Gasteiger partial charge in [-0.05, 0) is 18.6 Å². The zero-order valence-corrected chi connectivity index (χ0v) is 12.1. The highest BCUT2D eigenvalue weighted by Crippen LogP contribution is 2.14. The minimum Gasteiger partial charge on any atom is -0.497 e. The van der Waals surface area contributed by atoms with Gasteiger partial charge in [0.05, 0.1) is 12.8 Å². The van der Waals surface area contributed by atoms with E-state index in [4.69, 9.17) is 10.1 Å². The lowest BCUT2D eigenvalue weighted by atomic mass is 10.1. The Kier molecular flexibility index (Phi) is 4.84. The second-order valence-corrected chi connectivity index (χ2v) is 4.64. The summed E-state index contributed by atoms with van der Waals surface area (Å²) in [6.45, 7) is 1.98. The lowest BCUT2D eigenvalue weighted by molar-refractivity contribution is -0.483. The quantitative estimate of drug-likeness (QED) is 0.554. The molecule has 0 saturated carbocycles. The minimum absolute atomic E-state index is 0.280. The molecule has 0 unspecified atom stereocenters. The summed E-state index contributed by atoms with van der Waals surface area (Å²) in [5.41, 5.74) is 1.23. The molecule has 0 aliphatic heterocycles. The standard InChI is InChI=1S/C15H18N4O2/c1-3-5-12(16)13-14(17-9-18-15(13)20)19-10-6-4-7-11(8-10)21-2/h4,6-9,16H,3,5H2,1-2H3,(H2,17,18,19,20)/p+1. The number of nitrogens with one attached hydrogen (secondary N) is 2. The van der Waals surface area contributed by atoms with Gasteiger partial charge < -0.3 is 15.1 Å². The second kappa shape index (κ2) is 6.81. The third-order valence-electron chi connectivity index (χ3n) is 3.08. The predicted molar refractivity (Wildman–Crippen MR) is 80.8 cm³/mol. The molecule has 21 heavy (non-hydrogen) atoms. The summed E-state index contributed by atoms with van der Waals surface area (Å²) < 4.78 is 5.18.